The number of nitrogens with one attached hydrogen (secondary N) is 1. The minimum absolute atomic E-state index is 0.0448. The topological polar surface area (TPSA) is 118 Å². The third-order valence-electron chi connectivity index (χ3n) is 6.44. The van der Waals surface area contributed by atoms with Crippen LogP contribution in [0.15, 0.2) is 60.0 Å². The smallest absolute Gasteiger partial charge is 0.234 e. The normalized spacial score (nSPS) is 12.8. The van der Waals surface area contributed by atoms with Gasteiger partial charge in [0.2, 0.25) is 17.3 Å². The fraction of sp³-hybridized carbons (Fsp3) is 0.300. The molecule has 1 fully saturated rings. The van der Waals surface area contributed by atoms with Crippen molar-refractivity contribution in [2.45, 2.75) is 43.4 Å². The lowest BCUT2D eigenvalue weighted by molar-refractivity contribution is -0.605. The standard InChI is InChI=1S/C30H27Cl2FN6O4S/c1-30(2,43-15-14-42-22-4-3-13-38(41)17-22)12-11-20-7-9-24(27(32)28(20)33)34-26(40)18-44-29-35-36-37-39(29)25-10-8-21(16-23(25)31)19-5-6-19/h3-4,7-10,13,16-17,19H,5-6,14-15,18H2,1-2H3,(H,34,40). The number of aromatic nitrogens is 5. The van der Waals surface area contributed by atoms with Crippen molar-refractivity contribution in [1.82, 2.24) is 20.2 Å². The summed E-state index contributed by atoms with van der Waals surface area (Å²) in [6.07, 6.45) is 4.98. The second-order valence-electron chi connectivity index (χ2n) is 10.3. The van der Waals surface area contributed by atoms with Crippen molar-refractivity contribution in [3.05, 3.63) is 87.1 Å². The van der Waals surface area contributed by atoms with Crippen LogP contribution in [-0.2, 0) is 9.53 Å². The maximum atomic E-state index is 15.1. The highest BCUT2D eigenvalue weighted by Crippen LogP contribution is 2.41. The lowest BCUT2D eigenvalue weighted by Gasteiger charge is -2.19. The Morgan fingerprint density at radius 1 is 1.25 bits per heavy atom. The first-order chi connectivity index (χ1) is 21.1. The number of halogens is 3. The fourth-order valence-corrected chi connectivity index (χ4v) is 5.24. The van der Waals surface area contributed by atoms with E-state index in [0.29, 0.717) is 32.3 Å². The van der Waals surface area contributed by atoms with E-state index in [1.807, 2.05) is 18.2 Å². The van der Waals surface area contributed by atoms with E-state index >= 15 is 4.39 Å². The van der Waals surface area contributed by atoms with Gasteiger partial charge in [0.1, 0.15) is 17.2 Å². The quantitative estimate of drug-likeness (QED) is 0.0731. The second-order valence-corrected chi connectivity index (χ2v) is 12.1. The Hall–Kier alpha value is -3.89. The van der Waals surface area contributed by atoms with Gasteiger partial charge < -0.3 is 20.0 Å². The molecule has 1 aliphatic carbocycles. The minimum Gasteiger partial charge on any atom is -0.619 e. The molecule has 2 aromatic heterocycles. The number of tetrazole rings is 1. The molecule has 0 unspecified atom stereocenters. The first-order valence-electron chi connectivity index (χ1n) is 13.6. The number of nitrogens with zero attached hydrogens (tertiary/aromatic N) is 5. The number of hydrogen-bond acceptors (Lipinski definition) is 8. The highest BCUT2D eigenvalue weighted by atomic mass is 35.5. The molecule has 4 aromatic rings. The molecule has 1 aliphatic rings. The van der Waals surface area contributed by atoms with E-state index in [9.17, 15) is 10.0 Å². The molecule has 2 heterocycles. The summed E-state index contributed by atoms with van der Waals surface area (Å²) in [5.41, 5.74) is 1.01. The molecule has 0 atom stereocenters. The molecule has 44 heavy (non-hydrogen) atoms. The Balaban J connectivity index is 1.14. The first-order valence-corrected chi connectivity index (χ1v) is 15.3. The van der Waals surface area contributed by atoms with Crippen LogP contribution in [0.25, 0.3) is 5.69 Å². The van der Waals surface area contributed by atoms with Crippen LogP contribution in [0.3, 0.4) is 0 Å². The molecule has 0 bridgehead atoms. The fourth-order valence-electron chi connectivity index (χ4n) is 4.07. The Morgan fingerprint density at radius 2 is 2.07 bits per heavy atom. The van der Waals surface area contributed by atoms with Crippen molar-refractivity contribution in [2.75, 3.05) is 24.3 Å². The number of ether oxygens (including phenoxy) is 2. The number of pyridine rings is 1. The highest BCUT2D eigenvalue weighted by molar-refractivity contribution is 7.99. The van der Waals surface area contributed by atoms with Gasteiger partial charge in [-0.05, 0) is 78.9 Å². The van der Waals surface area contributed by atoms with E-state index in [0.717, 1.165) is 24.6 Å². The number of carbonyl (C=O) groups excluding carboxylic acids is 1. The lowest BCUT2D eigenvalue weighted by Crippen LogP contribution is -2.26. The van der Waals surface area contributed by atoms with Crippen LogP contribution >= 0.6 is 35.0 Å². The maximum Gasteiger partial charge on any atom is 0.234 e. The molecule has 14 heteroatoms. The zero-order valence-electron chi connectivity index (χ0n) is 23.7. The van der Waals surface area contributed by atoms with E-state index in [2.05, 4.69) is 32.7 Å². The summed E-state index contributed by atoms with van der Waals surface area (Å²) >= 11 is 13.8. The summed E-state index contributed by atoms with van der Waals surface area (Å²) in [6.45, 7) is 3.84. The Kier molecular flexibility index (Phi) is 9.90. The summed E-state index contributed by atoms with van der Waals surface area (Å²) in [7, 11) is 0. The van der Waals surface area contributed by atoms with Crippen LogP contribution in [0.1, 0.15) is 43.7 Å². The molecule has 0 saturated heterocycles. The Morgan fingerprint density at radius 3 is 2.82 bits per heavy atom. The molecule has 0 aliphatic heterocycles. The summed E-state index contributed by atoms with van der Waals surface area (Å²) < 4.78 is 28.4. The van der Waals surface area contributed by atoms with Gasteiger partial charge in [0.25, 0.3) is 0 Å². The van der Waals surface area contributed by atoms with Gasteiger partial charge in [-0.1, -0.05) is 52.9 Å². The second kappa shape index (κ2) is 13.8. The van der Waals surface area contributed by atoms with Gasteiger partial charge in [0.05, 0.1) is 34.3 Å². The average Bonchev–Trinajstić information content (AvgIpc) is 3.74. The van der Waals surface area contributed by atoms with Crippen molar-refractivity contribution >= 4 is 46.6 Å². The lowest BCUT2D eigenvalue weighted by atomic mass is 10.1. The van der Waals surface area contributed by atoms with E-state index in [1.54, 1.807) is 26.0 Å². The third kappa shape index (κ3) is 8.18. The summed E-state index contributed by atoms with van der Waals surface area (Å²) in [4.78, 5) is 12.7. The predicted molar refractivity (Wildman–Crippen MR) is 165 cm³/mol. The molecule has 0 radical (unpaired) electrons. The molecule has 1 amide bonds. The third-order valence-corrected chi connectivity index (χ3v) is 8.03. The number of carbonyl (C=O) groups is 1. The number of anilines is 1. The zero-order valence-corrected chi connectivity index (χ0v) is 26.0. The highest BCUT2D eigenvalue weighted by Gasteiger charge is 2.25. The monoisotopic (exact) mass is 656 g/mol. The van der Waals surface area contributed by atoms with Crippen LogP contribution in [0.4, 0.5) is 10.1 Å². The van der Waals surface area contributed by atoms with Gasteiger partial charge in [-0.25, -0.2) is 4.39 Å². The number of rotatable bonds is 11. The summed E-state index contributed by atoms with van der Waals surface area (Å²) in [5, 5.41) is 26.3. The van der Waals surface area contributed by atoms with Crippen molar-refractivity contribution in [1.29, 1.82) is 0 Å². The number of amides is 1. The minimum atomic E-state index is -0.930. The molecule has 2 aromatic carbocycles. The van der Waals surface area contributed by atoms with Gasteiger partial charge >= 0.3 is 0 Å². The van der Waals surface area contributed by atoms with Crippen LogP contribution in [-0.4, -0.2) is 50.7 Å². The van der Waals surface area contributed by atoms with Gasteiger partial charge in [0.15, 0.2) is 17.8 Å². The van der Waals surface area contributed by atoms with E-state index in [1.165, 1.54) is 34.8 Å². The molecule has 1 saturated carbocycles. The largest absolute Gasteiger partial charge is 0.619 e. The van der Waals surface area contributed by atoms with Crippen LogP contribution < -0.4 is 14.8 Å². The average molecular weight is 658 g/mol. The van der Waals surface area contributed by atoms with Gasteiger partial charge in [-0.3, -0.25) is 4.79 Å². The number of hydrogen-bond donors (Lipinski definition) is 1. The Labute approximate surface area is 267 Å². The van der Waals surface area contributed by atoms with Crippen molar-refractivity contribution in [2.24, 2.45) is 0 Å². The number of benzene rings is 2. The van der Waals surface area contributed by atoms with Gasteiger partial charge in [0, 0.05) is 6.07 Å². The van der Waals surface area contributed by atoms with Crippen molar-refractivity contribution < 1.29 is 23.4 Å². The molecule has 1 N–H and O–H groups in total. The van der Waals surface area contributed by atoms with Crippen molar-refractivity contribution in [3.8, 4) is 23.3 Å². The van der Waals surface area contributed by atoms with E-state index < -0.39 is 17.3 Å². The molecular weight excluding hydrogens is 630 g/mol. The molecular formula is C30H27Cl2FN6O4S. The van der Waals surface area contributed by atoms with Gasteiger partial charge in [-0.15, -0.1) is 5.10 Å². The number of thioether (sulfide) groups is 1. The molecule has 0 spiro atoms. The van der Waals surface area contributed by atoms with E-state index in [-0.39, 0.29) is 35.2 Å². The van der Waals surface area contributed by atoms with E-state index in [4.69, 9.17) is 32.7 Å². The van der Waals surface area contributed by atoms with Crippen LogP contribution in [0.2, 0.25) is 10.0 Å². The SMILES string of the molecule is CC(C)(C#Cc1ccc(NC(=O)CSc2nnnn2-c2ccc(C3CC3)cc2Cl)c(Cl)c1F)OCCOc1ccc[n+]([O-])c1. The van der Waals surface area contributed by atoms with Crippen molar-refractivity contribution in [3.63, 3.8) is 0 Å². The van der Waals surface area contributed by atoms with Crippen LogP contribution in [0, 0.1) is 22.9 Å². The summed E-state index contributed by atoms with van der Waals surface area (Å²) in [6, 6.07) is 11.9. The molecule has 5 rings (SSSR count). The van der Waals surface area contributed by atoms with Crippen LogP contribution in [0.5, 0.6) is 5.75 Å². The Bertz CT molecular complexity index is 1740. The first kappa shape index (κ1) is 31.5. The summed E-state index contributed by atoms with van der Waals surface area (Å²) in [5.74, 6) is 5.33. The molecule has 228 valence electrons. The zero-order chi connectivity index (χ0) is 31.3. The van der Waals surface area contributed by atoms with Gasteiger partial charge in [-0.2, -0.15) is 9.41 Å². The maximum absolute atomic E-state index is 15.1. The molecule has 10 nitrogen and oxygen atoms in total. The predicted octanol–water partition coefficient (Wildman–Crippen LogP) is 5.58.